The zero-order chi connectivity index (χ0) is 14.8. The first kappa shape index (κ1) is 14.7. The van der Waals surface area contributed by atoms with E-state index in [1.54, 1.807) is 0 Å². The first-order chi connectivity index (χ1) is 10.2. The standard InChI is InChI=1S/C15H22N2O3S/c1-19-15(18)13-12(16)11(9-5-6-9)14(21-13)17-8-10-4-2-3-7-20-10/h9-10,17H,2-8,16H2,1H3. The SMILES string of the molecule is COC(=O)c1sc(NCC2CCCCO2)c(C2CC2)c1N. The Morgan fingerprint density at radius 3 is 2.86 bits per heavy atom. The molecule has 3 rings (SSSR count). The molecule has 6 heteroatoms. The topological polar surface area (TPSA) is 73.6 Å². The van der Waals surface area contributed by atoms with Crippen LogP contribution in [0.3, 0.4) is 0 Å². The summed E-state index contributed by atoms with van der Waals surface area (Å²) < 4.78 is 10.6. The van der Waals surface area contributed by atoms with E-state index < -0.39 is 0 Å². The van der Waals surface area contributed by atoms with Gasteiger partial charge in [-0.1, -0.05) is 0 Å². The first-order valence-corrected chi connectivity index (χ1v) is 8.38. The Kier molecular flexibility index (Phi) is 4.35. The molecule has 116 valence electrons. The van der Waals surface area contributed by atoms with Crippen LogP contribution in [-0.4, -0.2) is 32.3 Å². The van der Waals surface area contributed by atoms with Gasteiger partial charge >= 0.3 is 5.97 Å². The number of nitrogens with one attached hydrogen (secondary N) is 1. The van der Waals surface area contributed by atoms with Gasteiger partial charge in [0.05, 0.1) is 23.9 Å². The monoisotopic (exact) mass is 310 g/mol. The summed E-state index contributed by atoms with van der Waals surface area (Å²) in [4.78, 5) is 12.3. The minimum Gasteiger partial charge on any atom is -0.465 e. The minimum absolute atomic E-state index is 0.260. The highest BCUT2D eigenvalue weighted by molar-refractivity contribution is 7.18. The number of carbonyl (C=O) groups is 1. The number of carbonyl (C=O) groups excluding carboxylic acids is 1. The summed E-state index contributed by atoms with van der Waals surface area (Å²) in [5, 5.41) is 4.47. The van der Waals surface area contributed by atoms with Gasteiger partial charge in [-0.15, -0.1) is 11.3 Å². The molecule has 2 heterocycles. The van der Waals surface area contributed by atoms with Crippen molar-refractivity contribution >= 4 is 28.0 Å². The van der Waals surface area contributed by atoms with Crippen LogP contribution in [0.2, 0.25) is 0 Å². The summed E-state index contributed by atoms with van der Waals surface area (Å²) in [6.07, 6.45) is 6.03. The van der Waals surface area contributed by atoms with E-state index in [1.807, 2.05) is 0 Å². The van der Waals surface area contributed by atoms with E-state index in [1.165, 1.54) is 24.9 Å². The molecule has 1 aromatic heterocycles. The highest BCUT2D eigenvalue weighted by atomic mass is 32.1. The second kappa shape index (κ2) is 6.23. The number of thiophene rings is 1. The van der Waals surface area contributed by atoms with Gasteiger partial charge in [0, 0.05) is 18.7 Å². The Balaban J connectivity index is 1.75. The molecular formula is C15H22N2O3S. The molecule has 1 saturated heterocycles. The maximum Gasteiger partial charge on any atom is 0.350 e. The van der Waals surface area contributed by atoms with Crippen LogP contribution in [0.15, 0.2) is 0 Å². The fourth-order valence-electron chi connectivity index (χ4n) is 2.78. The lowest BCUT2D eigenvalue weighted by molar-refractivity contribution is 0.0248. The van der Waals surface area contributed by atoms with E-state index in [0.717, 1.165) is 49.4 Å². The first-order valence-electron chi connectivity index (χ1n) is 7.56. The third-order valence-electron chi connectivity index (χ3n) is 4.10. The zero-order valence-corrected chi connectivity index (χ0v) is 13.1. The van der Waals surface area contributed by atoms with Crippen LogP contribution in [0, 0.1) is 0 Å². The van der Waals surface area contributed by atoms with Crippen LogP contribution in [-0.2, 0) is 9.47 Å². The third kappa shape index (κ3) is 3.16. The molecule has 0 spiro atoms. The Hall–Kier alpha value is -1.27. The Morgan fingerprint density at radius 1 is 1.43 bits per heavy atom. The predicted octanol–water partition coefficient (Wildman–Crippen LogP) is 2.98. The summed E-state index contributed by atoms with van der Waals surface area (Å²) in [6.45, 7) is 1.63. The van der Waals surface area contributed by atoms with Crippen molar-refractivity contribution in [3.05, 3.63) is 10.4 Å². The van der Waals surface area contributed by atoms with Crippen molar-refractivity contribution in [1.29, 1.82) is 0 Å². The average molecular weight is 310 g/mol. The lowest BCUT2D eigenvalue weighted by Crippen LogP contribution is -2.26. The van der Waals surface area contributed by atoms with Crippen molar-refractivity contribution < 1.29 is 14.3 Å². The number of hydrogen-bond donors (Lipinski definition) is 2. The van der Waals surface area contributed by atoms with Crippen molar-refractivity contribution in [2.45, 2.75) is 44.1 Å². The maximum atomic E-state index is 11.8. The molecule has 1 aliphatic heterocycles. The van der Waals surface area contributed by atoms with Crippen molar-refractivity contribution in [3.8, 4) is 0 Å². The molecule has 1 aromatic rings. The number of nitrogens with two attached hydrogens (primary N) is 1. The Labute approximate surface area is 128 Å². The molecule has 0 radical (unpaired) electrons. The van der Waals surface area contributed by atoms with E-state index >= 15 is 0 Å². The van der Waals surface area contributed by atoms with Gasteiger partial charge in [0.15, 0.2) is 0 Å². The summed E-state index contributed by atoms with van der Waals surface area (Å²) >= 11 is 1.41. The van der Waals surface area contributed by atoms with Crippen LogP contribution in [0.5, 0.6) is 0 Å². The van der Waals surface area contributed by atoms with Gasteiger partial charge in [0.1, 0.15) is 4.88 Å². The van der Waals surface area contributed by atoms with Gasteiger partial charge in [-0.05, 0) is 38.0 Å². The Morgan fingerprint density at radius 2 is 2.24 bits per heavy atom. The normalized spacial score (nSPS) is 22.0. The number of rotatable bonds is 5. The van der Waals surface area contributed by atoms with Gasteiger partial charge in [0.2, 0.25) is 0 Å². The average Bonchev–Trinajstić information content (AvgIpc) is 3.29. The van der Waals surface area contributed by atoms with E-state index in [4.69, 9.17) is 15.2 Å². The van der Waals surface area contributed by atoms with E-state index in [-0.39, 0.29) is 12.1 Å². The van der Waals surface area contributed by atoms with Crippen LogP contribution in [0.25, 0.3) is 0 Å². The molecule has 3 N–H and O–H groups in total. The van der Waals surface area contributed by atoms with E-state index in [2.05, 4.69) is 5.32 Å². The second-order valence-electron chi connectivity index (χ2n) is 5.72. The van der Waals surface area contributed by atoms with E-state index in [9.17, 15) is 4.79 Å². The zero-order valence-electron chi connectivity index (χ0n) is 12.3. The number of ether oxygens (including phenoxy) is 2. The number of hydrogen-bond acceptors (Lipinski definition) is 6. The molecule has 0 bridgehead atoms. The maximum absolute atomic E-state index is 11.8. The third-order valence-corrected chi connectivity index (χ3v) is 5.26. The molecule has 0 aromatic carbocycles. The molecule has 21 heavy (non-hydrogen) atoms. The molecule has 2 fully saturated rings. The fourth-order valence-corrected chi connectivity index (χ4v) is 3.92. The molecule has 0 amide bonds. The number of methoxy groups -OCH3 is 1. The van der Waals surface area contributed by atoms with Crippen molar-refractivity contribution in [1.82, 2.24) is 0 Å². The Bertz CT molecular complexity index is 519. The van der Waals surface area contributed by atoms with E-state index in [0.29, 0.717) is 16.5 Å². The molecule has 2 aliphatic rings. The lowest BCUT2D eigenvalue weighted by atomic mass is 10.1. The van der Waals surface area contributed by atoms with Crippen LogP contribution >= 0.6 is 11.3 Å². The molecule has 5 nitrogen and oxygen atoms in total. The summed E-state index contributed by atoms with van der Waals surface area (Å²) in [5.41, 5.74) is 7.87. The van der Waals surface area contributed by atoms with Crippen LogP contribution in [0.1, 0.15) is 53.3 Å². The van der Waals surface area contributed by atoms with Gasteiger partial charge in [0.25, 0.3) is 0 Å². The largest absolute Gasteiger partial charge is 0.465 e. The van der Waals surface area contributed by atoms with Gasteiger partial charge in [-0.3, -0.25) is 0 Å². The summed E-state index contributed by atoms with van der Waals surface area (Å²) in [6, 6.07) is 0. The molecule has 1 unspecified atom stereocenters. The highest BCUT2D eigenvalue weighted by Gasteiger charge is 2.33. The molecule has 1 atom stereocenters. The second-order valence-corrected chi connectivity index (χ2v) is 6.74. The van der Waals surface area contributed by atoms with Crippen LogP contribution in [0.4, 0.5) is 10.7 Å². The lowest BCUT2D eigenvalue weighted by Gasteiger charge is -2.23. The smallest absolute Gasteiger partial charge is 0.350 e. The number of nitrogen functional groups attached to an aromatic ring is 1. The highest BCUT2D eigenvalue weighted by Crippen LogP contribution is 2.50. The fraction of sp³-hybridized carbons (Fsp3) is 0.667. The minimum atomic E-state index is -0.346. The van der Waals surface area contributed by atoms with Crippen LogP contribution < -0.4 is 11.1 Å². The molecule has 1 aliphatic carbocycles. The summed E-state index contributed by atoms with van der Waals surface area (Å²) in [5.74, 6) is 0.149. The molecular weight excluding hydrogens is 288 g/mol. The quantitative estimate of drug-likeness (QED) is 0.818. The predicted molar refractivity (Wildman–Crippen MR) is 84.1 cm³/mol. The summed E-state index contributed by atoms with van der Waals surface area (Å²) in [7, 11) is 1.39. The number of anilines is 2. The van der Waals surface area contributed by atoms with Crippen molar-refractivity contribution in [2.24, 2.45) is 0 Å². The van der Waals surface area contributed by atoms with Gasteiger partial charge < -0.3 is 20.5 Å². The van der Waals surface area contributed by atoms with Gasteiger partial charge in [-0.25, -0.2) is 4.79 Å². The number of esters is 1. The van der Waals surface area contributed by atoms with Crippen molar-refractivity contribution in [3.63, 3.8) is 0 Å². The van der Waals surface area contributed by atoms with Gasteiger partial charge in [-0.2, -0.15) is 0 Å². The van der Waals surface area contributed by atoms with Crippen molar-refractivity contribution in [2.75, 3.05) is 31.3 Å². The molecule has 1 saturated carbocycles.